The number of benzene rings is 1. The van der Waals surface area contributed by atoms with E-state index in [2.05, 4.69) is 5.32 Å². The van der Waals surface area contributed by atoms with Gasteiger partial charge in [-0.2, -0.15) is 0 Å². The summed E-state index contributed by atoms with van der Waals surface area (Å²) < 4.78 is 28.1. The van der Waals surface area contributed by atoms with Gasteiger partial charge in [-0.3, -0.25) is 4.79 Å². The van der Waals surface area contributed by atoms with Crippen molar-refractivity contribution in [2.24, 2.45) is 0 Å². The number of carbonyl (C=O) groups is 1. The summed E-state index contributed by atoms with van der Waals surface area (Å²) in [6.07, 6.45) is -0.255. The SMILES string of the molecule is C[C@H](Oc1cccc(Cl)c1)C(=O)N[C@@H]1CCS(=O)(=O)C1. The predicted octanol–water partition coefficient (Wildman–Crippen LogP) is 1.41. The summed E-state index contributed by atoms with van der Waals surface area (Å²) in [5.74, 6) is 0.302. The van der Waals surface area contributed by atoms with Gasteiger partial charge in [0.2, 0.25) is 0 Å². The summed E-state index contributed by atoms with van der Waals surface area (Å²) in [5.41, 5.74) is 0. The van der Waals surface area contributed by atoms with Crippen LogP contribution in [0.25, 0.3) is 0 Å². The number of hydrogen-bond acceptors (Lipinski definition) is 4. The molecule has 0 saturated carbocycles. The number of ether oxygens (including phenoxy) is 1. The molecule has 1 N–H and O–H groups in total. The van der Waals surface area contributed by atoms with Gasteiger partial charge < -0.3 is 10.1 Å². The zero-order chi connectivity index (χ0) is 14.8. The largest absolute Gasteiger partial charge is 0.481 e. The summed E-state index contributed by atoms with van der Waals surface area (Å²) in [7, 11) is -3.00. The van der Waals surface area contributed by atoms with Crippen LogP contribution < -0.4 is 10.1 Å². The molecule has 1 aromatic carbocycles. The summed E-state index contributed by atoms with van der Waals surface area (Å²) >= 11 is 5.83. The highest BCUT2D eigenvalue weighted by atomic mass is 35.5. The predicted molar refractivity (Wildman–Crippen MR) is 76.7 cm³/mol. The first kappa shape index (κ1) is 15.1. The van der Waals surface area contributed by atoms with Crippen LogP contribution in [0.3, 0.4) is 0 Å². The van der Waals surface area contributed by atoms with Crippen molar-refractivity contribution in [2.75, 3.05) is 11.5 Å². The smallest absolute Gasteiger partial charge is 0.261 e. The molecule has 0 aliphatic carbocycles. The third kappa shape index (κ3) is 4.11. The Labute approximate surface area is 123 Å². The van der Waals surface area contributed by atoms with Crippen LogP contribution in [0.4, 0.5) is 0 Å². The molecule has 1 amide bonds. The van der Waals surface area contributed by atoms with Gasteiger partial charge in [0.05, 0.1) is 11.5 Å². The molecule has 0 radical (unpaired) electrons. The molecule has 1 aromatic rings. The molecule has 1 aliphatic rings. The van der Waals surface area contributed by atoms with Crippen molar-refractivity contribution in [3.63, 3.8) is 0 Å². The molecule has 2 atom stereocenters. The maximum atomic E-state index is 11.9. The van der Waals surface area contributed by atoms with Gasteiger partial charge in [-0.05, 0) is 31.5 Å². The minimum atomic E-state index is -3.00. The zero-order valence-electron chi connectivity index (χ0n) is 11.0. The second kappa shape index (κ2) is 6.01. The van der Waals surface area contributed by atoms with Gasteiger partial charge in [-0.25, -0.2) is 8.42 Å². The van der Waals surface area contributed by atoms with Gasteiger partial charge in [0.25, 0.3) is 5.91 Å². The van der Waals surface area contributed by atoms with Gasteiger partial charge in [0.1, 0.15) is 5.75 Å². The lowest BCUT2D eigenvalue weighted by atomic mass is 10.2. The molecule has 7 heteroatoms. The Hall–Kier alpha value is -1.27. The average molecular weight is 318 g/mol. The van der Waals surface area contributed by atoms with Crippen LogP contribution in [0.1, 0.15) is 13.3 Å². The molecule has 110 valence electrons. The molecular formula is C13H16ClNO4S. The van der Waals surface area contributed by atoms with E-state index in [1.165, 1.54) is 0 Å². The average Bonchev–Trinajstić information content (AvgIpc) is 2.68. The lowest BCUT2D eigenvalue weighted by Crippen LogP contribution is -2.43. The van der Waals surface area contributed by atoms with Crippen LogP contribution in [0, 0.1) is 0 Å². The van der Waals surface area contributed by atoms with Crippen molar-refractivity contribution in [1.29, 1.82) is 0 Å². The highest BCUT2D eigenvalue weighted by molar-refractivity contribution is 7.91. The van der Waals surface area contributed by atoms with Gasteiger partial charge >= 0.3 is 0 Å². The second-order valence-electron chi connectivity index (χ2n) is 4.83. The van der Waals surface area contributed by atoms with Crippen molar-refractivity contribution in [3.8, 4) is 5.75 Å². The highest BCUT2D eigenvalue weighted by Gasteiger charge is 2.30. The first-order valence-corrected chi connectivity index (χ1v) is 8.49. The maximum absolute atomic E-state index is 11.9. The molecule has 20 heavy (non-hydrogen) atoms. The summed E-state index contributed by atoms with van der Waals surface area (Å²) in [6.45, 7) is 1.61. The Bertz CT molecular complexity index is 602. The molecule has 0 bridgehead atoms. The number of rotatable bonds is 4. The zero-order valence-corrected chi connectivity index (χ0v) is 12.6. The molecule has 0 spiro atoms. The number of nitrogens with one attached hydrogen (secondary N) is 1. The van der Waals surface area contributed by atoms with Crippen LogP contribution >= 0.6 is 11.6 Å². The summed E-state index contributed by atoms with van der Waals surface area (Å²) in [5, 5.41) is 3.22. The molecule has 0 unspecified atom stereocenters. The Morgan fingerprint density at radius 3 is 2.85 bits per heavy atom. The van der Waals surface area contributed by atoms with E-state index in [0.717, 1.165) is 0 Å². The Morgan fingerprint density at radius 2 is 2.25 bits per heavy atom. The number of halogens is 1. The lowest BCUT2D eigenvalue weighted by molar-refractivity contribution is -0.127. The number of carbonyl (C=O) groups excluding carboxylic acids is 1. The van der Waals surface area contributed by atoms with Crippen molar-refractivity contribution in [3.05, 3.63) is 29.3 Å². The van der Waals surface area contributed by atoms with Crippen LogP contribution in [0.2, 0.25) is 5.02 Å². The van der Waals surface area contributed by atoms with Crippen LogP contribution in [-0.2, 0) is 14.6 Å². The van der Waals surface area contributed by atoms with Crippen molar-refractivity contribution < 1.29 is 17.9 Å². The summed E-state index contributed by atoms with van der Waals surface area (Å²) in [6, 6.07) is 6.44. The molecule has 5 nitrogen and oxygen atoms in total. The van der Waals surface area contributed by atoms with E-state index >= 15 is 0 Å². The van der Waals surface area contributed by atoms with Gasteiger partial charge in [-0.1, -0.05) is 17.7 Å². The number of amides is 1. The quantitative estimate of drug-likeness (QED) is 0.911. The normalized spacial score (nSPS) is 22.2. The highest BCUT2D eigenvalue weighted by Crippen LogP contribution is 2.18. The minimum Gasteiger partial charge on any atom is -0.481 e. The topological polar surface area (TPSA) is 72.5 Å². The first-order valence-electron chi connectivity index (χ1n) is 6.29. The fourth-order valence-electron chi connectivity index (χ4n) is 2.03. The van der Waals surface area contributed by atoms with Crippen LogP contribution in [-0.4, -0.2) is 38.0 Å². The lowest BCUT2D eigenvalue weighted by Gasteiger charge is -2.17. The van der Waals surface area contributed by atoms with Gasteiger partial charge in [-0.15, -0.1) is 0 Å². The third-order valence-corrected chi connectivity index (χ3v) is 5.06. The van der Waals surface area contributed by atoms with Crippen LogP contribution in [0.15, 0.2) is 24.3 Å². The van der Waals surface area contributed by atoms with Crippen molar-refractivity contribution in [1.82, 2.24) is 5.32 Å². The van der Waals surface area contributed by atoms with E-state index in [-0.39, 0.29) is 23.5 Å². The Balaban J connectivity index is 1.89. The fraction of sp³-hybridized carbons (Fsp3) is 0.462. The van der Waals surface area contributed by atoms with Crippen molar-refractivity contribution in [2.45, 2.75) is 25.5 Å². The molecule has 1 heterocycles. The minimum absolute atomic E-state index is 0.00260. The number of sulfone groups is 1. The standard InChI is InChI=1S/C13H16ClNO4S/c1-9(19-12-4-2-3-10(14)7-12)13(16)15-11-5-6-20(17,18)8-11/h2-4,7,9,11H,5-6,8H2,1H3,(H,15,16)/t9-,11+/m0/s1. The maximum Gasteiger partial charge on any atom is 0.261 e. The molecule has 2 rings (SSSR count). The monoisotopic (exact) mass is 317 g/mol. The van der Waals surface area contributed by atoms with E-state index in [1.54, 1.807) is 31.2 Å². The van der Waals surface area contributed by atoms with E-state index in [4.69, 9.17) is 16.3 Å². The Kier molecular flexibility index (Phi) is 4.55. The second-order valence-corrected chi connectivity index (χ2v) is 7.49. The van der Waals surface area contributed by atoms with E-state index < -0.39 is 15.9 Å². The fourth-order valence-corrected chi connectivity index (χ4v) is 3.88. The van der Waals surface area contributed by atoms with Gasteiger partial charge in [0, 0.05) is 11.1 Å². The Morgan fingerprint density at radius 1 is 1.50 bits per heavy atom. The molecule has 0 aromatic heterocycles. The van der Waals surface area contributed by atoms with Gasteiger partial charge in [0.15, 0.2) is 15.9 Å². The van der Waals surface area contributed by atoms with E-state index in [9.17, 15) is 13.2 Å². The number of hydrogen-bond donors (Lipinski definition) is 1. The third-order valence-electron chi connectivity index (χ3n) is 3.06. The van der Waals surface area contributed by atoms with Crippen molar-refractivity contribution >= 4 is 27.3 Å². The molecular weight excluding hydrogens is 302 g/mol. The van der Waals surface area contributed by atoms with Crippen LogP contribution in [0.5, 0.6) is 5.75 Å². The van der Waals surface area contributed by atoms with E-state index in [0.29, 0.717) is 17.2 Å². The summed E-state index contributed by atoms with van der Waals surface area (Å²) in [4.78, 5) is 11.9. The molecule has 1 aliphatic heterocycles. The first-order chi connectivity index (χ1) is 9.35. The molecule has 1 fully saturated rings. The molecule has 1 saturated heterocycles. The van der Waals surface area contributed by atoms with E-state index in [1.807, 2.05) is 0 Å².